The van der Waals surface area contributed by atoms with Crippen molar-refractivity contribution in [2.45, 2.75) is 82.7 Å². The van der Waals surface area contributed by atoms with Gasteiger partial charge < -0.3 is 10.6 Å². The molecule has 0 radical (unpaired) electrons. The Bertz CT molecular complexity index is 733. The Morgan fingerprint density at radius 2 is 1.93 bits per heavy atom. The van der Waals surface area contributed by atoms with E-state index < -0.39 is 0 Å². The largest absolute Gasteiger partial charge is 0.353 e. The number of rotatable bonds is 3. The Morgan fingerprint density at radius 3 is 2.67 bits per heavy atom. The van der Waals surface area contributed by atoms with E-state index >= 15 is 0 Å². The highest BCUT2D eigenvalue weighted by molar-refractivity contribution is 5.84. The summed E-state index contributed by atoms with van der Waals surface area (Å²) in [6.45, 7) is 5.71. The van der Waals surface area contributed by atoms with Gasteiger partial charge in [-0.3, -0.25) is 4.79 Å². The summed E-state index contributed by atoms with van der Waals surface area (Å²) in [4.78, 5) is 13.7. The molecule has 5 aliphatic rings. The molecular weight excluding hydrogens is 332 g/mol. The van der Waals surface area contributed by atoms with Gasteiger partial charge in [0.05, 0.1) is 5.41 Å². The topological polar surface area (TPSA) is 41.1 Å². The number of hydrogen-bond donors (Lipinski definition) is 2. The van der Waals surface area contributed by atoms with Crippen LogP contribution in [-0.4, -0.2) is 24.5 Å². The molecule has 2 unspecified atom stereocenters. The molecule has 6 atom stereocenters. The molecule has 0 spiro atoms. The van der Waals surface area contributed by atoms with Gasteiger partial charge in [-0.1, -0.05) is 37.3 Å². The fourth-order valence-corrected chi connectivity index (χ4v) is 7.89. The molecule has 146 valence electrons. The molecule has 1 aliphatic heterocycles. The minimum Gasteiger partial charge on any atom is -0.353 e. The van der Waals surface area contributed by atoms with Crippen LogP contribution in [0.25, 0.3) is 0 Å². The second-order valence-electron chi connectivity index (χ2n) is 10.8. The molecular formula is C24H34N2O. The Kier molecular flexibility index (Phi) is 3.99. The Hall–Kier alpha value is -1.35. The fraction of sp³-hybridized carbons (Fsp3) is 0.708. The lowest BCUT2D eigenvalue weighted by molar-refractivity contribution is -0.161. The third-order valence-corrected chi connectivity index (χ3v) is 8.17. The van der Waals surface area contributed by atoms with E-state index in [0.29, 0.717) is 29.3 Å². The molecule has 2 N–H and O–H groups in total. The smallest absolute Gasteiger partial charge is 0.226 e. The van der Waals surface area contributed by atoms with E-state index in [-0.39, 0.29) is 10.8 Å². The predicted molar refractivity (Wildman–Crippen MR) is 108 cm³/mol. The maximum absolute atomic E-state index is 13.7. The number of amides is 1. The Morgan fingerprint density at radius 1 is 1.11 bits per heavy atom. The van der Waals surface area contributed by atoms with Crippen molar-refractivity contribution in [2.75, 3.05) is 6.54 Å². The highest BCUT2D eigenvalue weighted by Gasteiger charge is 2.64. The van der Waals surface area contributed by atoms with Gasteiger partial charge in [0.25, 0.3) is 0 Å². The fourth-order valence-electron chi connectivity index (χ4n) is 7.89. The monoisotopic (exact) mass is 366 g/mol. The summed E-state index contributed by atoms with van der Waals surface area (Å²) in [5.74, 6) is 1.08. The highest BCUT2D eigenvalue weighted by atomic mass is 16.2. The first-order valence-corrected chi connectivity index (χ1v) is 11.0. The molecule has 4 aliphatic carbocycles. The van der Waals surface area contributed by atoms with E-state index in [2.05, 4.69) is 54.8 Å². The van der Waals surface area contributed by atoms with Crippen LogP contribution in [0.5, 0.6) is 0 Å². The van der Waals surface area contributed by atoms with Gasteiger partial charge in [0.15, 0.2) is 0 Å². The molecule has 3 heteroatoms. The lowest BCUT2D eigenvalue weighted by Crippen LogP contribution is -2.63. The zero-order chi connectivity index (χ0) is 18.7. The average Bonchev–Trinajstić information content (AvgIpc) is 2.60. The van der Waals surface area contributed by atoms with Crippen LogP contribution in [0.3, 0.4) is 0 Å². The molecule has 4 bridgehead atoms. The zero-order valence-corrected chi connectivity index (χ0v) is 16.9. The van der Waals surface area contributed by atoms with Gasteiger partial charge in [-0.05, 0) is 87.1 Å². The van der Waals surface area contributed by atoms with Crippen molar-refractivity contribution in [1.29, 1.82) is 0 Å². The molecule has 0 aromatic heterocycles. The normalized spacial score (nSPS) is 45.6. The van der Waals surface area contributed by atoms with Crippen molar-refractivity contribution in [3.8, 4) is 0 Å². The number of hydrogen-bond acceptors (Lipinski definition) is 2. The van der Waals surface area contributed by atoms with Crippen molar-refractivity contribution in [1.82, 2.24) is 10.6 Å². The van der Waals surface area contributed by atoms with E-state index in [4.69, 9.17) is 0 Å². The SMILES string of the molecule is C[C@@H]1C[C@H](NC(=O)C23CC4C[C@@](C)(C2)C[C@](c2ccccc2)(C4)C3)CCN1. The molecule has 6 rings (SSSR count). The lowest BCUT2D eigenvalue weighted by Gasteiger charge is -2.65. The number of nitrogens with one attached hydrogen (secondary N) is 2. The molecule has 1 aromatic rings. The van der Waals surface area contributed by atoms with Crippen molar-refractivity contribution in [3.05, 3.63) is 35.9 Å². The van der Waals surface area contributed by atoms with Gasteiger partial charge in [0, 0.05) is 12.1 Å². The lowest BCUT2D eigenvalue weighted by atomic mass is 9.38. The summed E-state index contributed by atoms with van der Waals surface area (Å²) < 4.78 is 0. The predicted octanol–water partition coefficient (Wildman–Crippen LogP) is 4.17. The number of piperidine rings is 1. The Balaban J connectivity index is 1.45. The van der Waals surface area contributed by atoms with E-state index in [1.165, 1.54) is 24.8 Å². The highest BCUT2D eigenvalue weighted by Crippen LogP contribution is 2.70. The van der Waals surface area contributed by atoms with Gasteiger partial charge in [-0.25, -0.2) is 0 Å². The third-order valence-electron chi connectivity index (χ3n) is 8.17. The van der Waals surface area contributed by atoms with Gasteiger partial charge in [-0.15, -0.1) is 0 Å². The van der Waals surface area contributed by atoms with Gasteiger partial charge in [0.1, 0.15) is 0 Å². The van der Waals surface area contributed by atoms with Crippen LogP contribution in [0.1, 0.15) is 70.8 Å². The molecule has 1 heterocycles. The van der Waals surface area contributed by atoms with Crippen LogP contribution in [0.15, 0.2) is 30.3 Å². The number of carbonyl (C=O) groups excluding carboxylic acids is 1. The molecule has 27 heavy (non-hydrogen) atoms. The van der Waals surface area contributed by atoms with Gasteiger partial charge >= 0.3 is 0 Å². The standard InChI is InChI=1S/C24H34N2O/c1-17-10-20(8-9-25-17)26-21(27)24-13-18-11-22(2,15-24)14-23(12-18,16-24)19-6-4-3-5-7-19/h3-7,17-18,20,25H,8-16H2,1-2H3,(H,26,27)/t17-,18?,20-,22-,23-,24?/m1/s1. The van der Waals surface area contributed by atoms with E-state index in [0.717, 1.165) is 38.6 Å². The molecule has 1 amide bonds. The number of benzene rings is 1. The summed E-state index contributed by atoms with van der Waals surface area (Å²) in [5, 5.41) is 7.02. The minimum atomic E-state index is -0.141. The molecule has 3 nitrogen and oxygen atoms in total. The first kappa shape index (κ1) is 17.7. The van der Waals surface area contributed by atoms with Crippen molar-refractivity contribution in [3.63, 3.8) is 0 Å². The summed E-state index contributed by atoms with van der Waals surface area (Å²) in [6.07, 6.45) is 9.26. The third kappa shape index (κ3) is 2.93. The maximum Gasteiger partial charge on any atom is 0.226 e. The van der Waals surface area contributed by atoms with Crippen LogP contribution < -0.4 is 10.6 Å². The second-order valence-corrected chi connectivity index (χ2v) is 10.8. The van der Waals surface area contributed by atoms with Crippen molar-refractivity contribution >= 4 is 5.91 Å². The first-order chi connectivity index (χ1) is 12.9. The summed E-state index contributed by atoms with van der Waals surface area (Å²) >= 11 is 0. The van der Waals surface area contributed by atoms with E-state index in [1.54, 1.807) is 0 Å². The van der Waals surface area contributed by atoms with Gasteiger partial charge in [-0.2, -0.15) is 0 Å². The van der Waals surface area contributed by atoms with Crippen LogP contribution >= 0.6 is 0 Å². The summed E-state index contributed by atoms with van der Waals surface area (Å²) in [6, 6.07) is 12.0. The van der Waals surface area contributed by atoms with Crippen LogP contribution in [0.4, 0.5) is 0 Å². The molecule has 1 aromatic carbocycles. The average molecular weight is 367 g/mol. The van der Waals surface area contributed by atoms with Crippen LogP contribution in [0.2, 0.25) is 0 Å². The maximum atomic E-state index is 13.7. The second kappa shape index (κ2) is 6.07. The van der Waals surface area contributed by atoms with E-state index in [1.807, 2.05) is 0 Å². The first-order valence-electron chi connectivity index (χ1n) is 11.0. The number of carbonyl (C=O) groups is 1. The summed E-state index contributed by atoms with van der Waals surface area (Å²) in [7, 11) is 0. The minimum absolute atomic E-state index is 0.141. The van der Waals surface area contributed by atoms with Crippen molar-refractivity contribution < 1.29 is 4.79 Å². The van der Waals surface area contributed by atoms with Crippen molar-refractivity contribution in [2.24, 2.45) is 16.7 Å². The molecule has 5 fully saturated rings. The Labute approximate surface area is 163 Å². The van der Waals surface area contributed by atoms with Crippen LogP contribution in [0, 0.1) is 16.7 Å². The zero-order valence-electron chi connectivity index (χ0n) is 16.9. The quantitative estimate of drug-likeness (QED) is 0.843. The molecule has 4 saturated carbocycles. The summed E-state index contributed by atoms with van der Waals surface area (Å²) in [5.41, 5.74) is 1.88. The van der Waals surface area contributed by atoms with Crippen LogP contribution in [-0.2, 0) is 10.2 Å². The van der Waals surface area contributed by atoms with E-state index in [9.17, 15) is 4.79 Å². The molecule has 1 saturated heterocycles. The van der Waals surface area contributed by atoms with Gasteiger partial charge in [0.2, 0.25) is 5.91 Å².